The molecule has 1 aromatic rings. The van der Waals surface area contributed by atoms with Gasteiger partial charge in [-0.25, -0.2) is 8.42 Å². The van der Waals surface area contributed by atoms with Crippen molar-refractivity contribution in [1.29, 1.82) is 0 Å². The molecule has 2 unspecified atom stereocenters. The molecule has 0 radical (unpaired) electrons. The predicted octanol–water partition coefficient (Wildman–Crippen LogP) is 1.93. The van der Waals surface area contributed by atoms with Crippen LogP contribution in [0.3, 0.4) is 0 Å². The van der Waals surface area contributed by atoms with Crippen molar-refractivity contribution >= 4 is 27.3 Å². The van der Waals surface area contributed by atoms with Crippen LogP contribution in [0.15, 0.2) is 23.1 Å². The monoisotopic (exact) mass is 424 g/mol. The van der Waals surface area contributed by atoms with E-state index in [9.17, 15) is 23.3 Å². The highest BCUT2D eigenvalue weighted by atomic mass is 32.2. The molecule has 0 bridgehead atoms. The first-order chi connectivity index (χ1) is 13.7. The number of anilines is 1. The number of nitro benzene ring substituents is 1. The summed E-state index contributed by atoms with van der Waals surface area (Å²) in [6.45, 7) is 8.10. The second-order valence-corrected chi connectivity index (χ2v) is 9.57. The highest BCUT2D eigenvalue weighted by Gasteiger charge is 2.42. The van der Waals surface area contributed by atoms with Crippen molar-refractivity contribution in [3.63, 3.8) is 0 Å². The van der Waals surface area contributed by atoms with Gasteiger partial charge in [0, 0.05) is 51.3 Å². The Kier molecular flexibility index (Phi) is 6.13. The number of carbonyl (C=O) groups excluding carboxylic acids is 1. The fourth-order valence-electron chi connectivity index (χ4n) is 3.86. The van der Waals surface area contributed by atoms with Crippen LogP contribution in [0, 0.1) is 22.0 Å². The Bertz CT molecular complexity index is 892. The van der Waals surface area contributed by atoms with E-state index >= 15 is 0 Å². The van der Waals surface area contributed by atoms with Crippen LogP contribution >= 0.6 is 0 Å². The third-order valence-electron chi connectivity index (χ3n) is 5.85. The van der Waals surface area contributed by atoms with Gasteiger partial charge in [0.2, 0.25) is 15.9 Å². The molecule has 1 amide bonds. The van der Waals surface area contributed by atoms with Crippen molar-refractivity contribution in [2.24, 2.45) is 11.8 Å². The van der Waals surface area contributed by atoms with Crippen LogP contribution in [0.2, 0.25) is 0 Å². The summed E-state index contributed by atoms with van der Waals surface area (Å²) in [6, 6.07) is 4.08. The minimum absolute atomic E-state index is 0.0758. The molecule has 0 aromatic heterocycles. The van der Waals surface area contributed by atoms with E-state index in [1.165, 1.54) is 16.4 Å². The maximum atomic E-state index is 12.7. The Morgan fingerprint density at radius 1 is 1.21 bits per heavy atom. The van der Waals surface area contributed by atoms with E-state index in [2.05, 4.69) is 6.92 Å². The fourth-order valence-corrected chi connectivity index (χ4v) is 5.34. The molecule has 3 rings (SSSR count). The third kappa shape index (κ3) is 4.23. The zero-order valence-corrected chi connectivity index (χ0v) is 17.9. The first-order valence-corrected chi connectivity index (χ1v) is 11.5. The van der Waals surface area contributed by atoms with Gasteiger partial charge in [-0.2, -0.15) is 4.31 Å². The Morgan fingerprint density at radius 3 is 2.28 bits per heavy atom. The van der Waals surface area contributed by atoms with E-state index in [-0.39, 0.29) is 22.4 Å². The molecule has 2 atom stereocenters. The molecule has 1 heterocycles. The highest BCUT2D eigenvalue weighted by molar-refractivity contribution is 7.89. The molecule has 1 saturated carbocycles. The summed E-state index contributed by atoms with van der Waals surface area (Å²) in [4.78, 5) is 27.1. The number of hydrogen-bond donors (Lipinski definition) is 0. The molecule has 1 saturated heterocycles. The van der Waals surface area contributed by atoms with Crippen LogP contribution in [-0.4, -0.2) is 67.7 Å². The molecule has 1 aliphatic heterocycles. The average Bonchev–Trinajstić information content (AvgIpc) is 3.44. The molecular weight excluding hydrogens is 396 g/mol. The van der Waals surface area contributed by atoms with Gasteiger partial charge in [-0.15, -0.1) is 0 Å². The summed E-state index contributed by atoms with van der Waals surface area (Å²) in [6.07, 6.45) is 0.937. The number of benzene rings is 1. The van der Waals surface area contributed by atoms with Crippen molar-refractivity contribution in [3.05, 3.63) is 28.3 Å². The van der Waals surface area contributed by atoms with Crippen LogP contribution in [-0.2, 0) is 14.8 Å². The van der Waals surface area contributed by atoms with Crippen molar-refractivity contribution < 1.29 is 18.1 Å². The van der Waals surface area contributed by atoms with Crippen LogP contribution in [0.25, 0.3) is 0 Å². The molecule has 0 N–H and O–H groups in total. The number of nitro groups is 1. The van der Waals surface area contributed by atoms with Gasteiger partial charge < -0.3 is 9.80 Å². The van der Waals surface area contributed by atoms with Gasteiger partial charge in [0.1, 0.15) is 5.69 Å². The van der Waals surface area contributed by atoms with Crippen LogP contribution in [0.5, 0.6) is 0 Å². The quantitative estimate of drug-likeness (QED) is 0.489. The molecule has 2 aliphatic rings. The van der Waals surface area contributed by atoms with Crippen molar-refractivity contribution in [1.82, 2.24) is 9.21 Å². The first kappa shape index (κ1) is 21.5. The van der Waals surface area contributed by atoms with E-state index in [0.717, 1.165) is 12.5 Å². The summed E-state index contributed by atoms with van der Waals surface area (Å²) >= 11 is 0. The van der Waals surface area contributed by atoms with E-state index in [0.29, 0.717) is 50.9 Å². The zero-order valence-electron chi connectivity index (χ0n) is 17.1. The molecule has 1 aromatic carbocycles. The summed E-state index contributed by atoms with van der Waals surface area (Å²) in [5, 5.41) is 11.7. The molecule has 29 heavy (non-hydrogen) atoms. The highest BCUT2D eigenvalue weighted by Crippen LogP contribution is 2.39. The van der Waals surface area contributed by atoms with Gasteiger partial charge in [0.15, 0.2) is 0 Å². The summed E-state index contributed by atoms with van der Waals surface area (Å²) in [7, 11) is -3.78. The van der Waals surface area contributed by atoms with Gasteiger partial charge in [0.05, 0.1) is 9.82 Å². The van der Waals surface area contributed by atoms with E-state index in [1.807, 2.05) is 9.80 Å². The Balaban J connectivity index is 1.80. The fraction of sp³-hybridized carbons (Fsp3) is 0.632. The smallest absolute Gasteiger partial charge is 0.293 e. The van der Waals surface area contributed by atoms with Gasteiger partial charge in [-0.05, 0) is 24.5 Å². The molecule has 9 nitrogen and oxygen atoms in total. The number of piperazine rings is 1. The number of hydrogen-bond acceptors (Lipinski definition) is 6. The number of sulfonamides is 1. The van der Waals surface area contributed by atoms with Crippen molar-refractivity contribution in [2.45, 2.75) is 32.1 Å². The van der Waals surface area contributed by atoms with E-state index in [1.54, 1.807) is 13.8 Å². The third-order valence-corrected chi connectivity index (χ3v) is 7.89. The molecule has 10 heteroatoms. The normalized spacial score (nSPS) is 22.1. The molecule has 160 valence electrons. The van der Waals surface area contributed by atoms with Gasteiger partial charge in [0.25, 0.3) is 5.69 Å². The van der Waals surface area contributed by atoms with Crippen LogP contribution in [0.4, 0.5) is 11.4 Å². The lowest BCUT2D eigenvalue weighted by Crippen LogP contribution is -2.49. The summed E-state index contributed by atoms with van der Waals surface area (Å²) in [5.74, 6) is 0.745. The Hall–Kier alpha value is -2.20. The second-order valence-electron chi connectivity index (χ2n) is 7.63. The minimum atomic E-state index is -3.78. The molecular formula is C19H28N4O5S. The van der Waals surface area contributed by atoms with E-state index in [4.69, 9.17) is 0 Å². The molecule has 2 fully saturated rings. The largest absolute Gasteiger partial charge is 0.362 e. The maximum absolute atomic E-state index is 12.7. The van der Waals surface area contributed by atoms with Crippen molar-refractivity contribution in [3.8, 4) is 0 Å². The van der Waals surface area contributed by atoms with Crippen LogP contribution < -0.4 is 4.90 Å². The summed E-state index contributed by atoms with van der Waals surface area (Å²) < 4.78 is 26.7. The predicted molar refractivity (Wildman–Crippen MR) is 109 cm³/mol. The lowest BCUT2D eigenvalue weighted by molar-refractivity contribution is -0.384. The maximum Gasteiger partial charge on any atom is 0.293 e. The summed E-state index contributed by atoms with van der Waals surface area (Å²) in [5.41, 5.74) is 0.161. The van der Waals surface area contributed by atoms with Gasteiger partial charge in [-0.1, -0.05) is 20.8 Å². The first-order valence-electron chi connectivity index (χ1n) is 10.0. The minimum Gasteiger partial charge on any atom is -0.362 e. The van der Waals surface area contributed by atoms with Crippen LogP contribution in [0.1, 0.15) is 27.2 Å². The number of amides is 1. The van der Waals surface area contributed by atoms with E-state index < -0.39 is 14.9 Å². The Morgan fingerprint density at radius 2 is 1.79 bits per heavy atom. The standard InChI is InChI=1S/C19H28N4O5S/c1-4-22(5-2)29(27,28)15-6-7-17(18(13-15)23(25)26)20-8-10-21(11-9-20)19(24)16-12-14(16)3/h6-7,13-14,16H,4-5,8-12H2,1-3H3. The van der Waals surface area contributed by atoms with Gasteiger partial charge in [-0.3, -0.25) is 14.9 Å². The zero-order chi connectivity index (χ0) is 21.3. The number of nitrogens with zero attached hydrogens (tertiary/aromatic N) is 4. The molecule has 0 spiro atoms. The Labute approximate surface area is 171 Å². The second kappa shape index (κ2) is 8.27. The molecule has 1 aliphatic carbocycles. The topological polar surface area (TPSA) is 104 Å². The lowest BCUT2D eigenvalue weighted by Gasteiger charge is -2.36. The van der Waals surface area contributed by atoms with Gasteiger partial charge >= 0.3 is 0 Å². The number of rotatable bonds is 7. The average molecular weight is 425 g/mol. The SMILES string of the molecule is CCN(CC)S(=O)(=O)c1ccc(N2CCN(C(=O)C3CC3C)CC2)c([N+](=O)[O-])c1. The lowest BCUT2D eigenvalue weighted by atomic mass is 10.2. The van der Waals surface area contributed by atoms with Crippen molar-refractivity contribution in [2.75, 3.05) is 44.2 Å². The number of carbonyl (C=O) groups is 1.